The molecule has 10 heteroatoms. The number of hydrogen-bond acceptors (Lipinski definition) is 5. The van der Waals surface area contributed by atoms with Gasteiger partial charge in [0.2, 0.25) is 10.0 Å². The Bertz CT molecular complexity index is 1060. The van der Waals surface area contributed by atoms with Crippen LogP contribution in [-0.4, -0.2) is 67.9 Å². The highest BCUT2D eigenvalue weighted by Crippen LogP contribution is 2.19. The molecule has 0 atom stereocenters. The van der Waals surface area contributed by atoms with Gasteiger partial charge in [-0.05, 0) is 55.2 Å². The Kier molecular flexibility index (Phi) is 7.99. The first-order valence-corrected chi connectivity index (χ1v) is 13.4. The minimum atomic E-state index is -3.73. The number of benzene rings is 1. The summed E-state index contributed by atoms with van der Waals surface area (Å²) in [4.78, 5) is 21.3. The maximum Gasteiger partial charge on any atom is 0.317 e. The van der Waals surface area contributed by atoms with Gasteiger partial charge in [0, 0.05) is 52.0 Å². The van der Waals surface area contributed by atoms with E-state index in [4.69, 9.17) is 0 Å². The van der Waals surface area contributed by atoms with E-state index in [0.717, 1.165) is 36.6 Å². The van der Waals surface area contributed by atoms with Gasteiger partial charge in [-0.1, -0.05) is 18.9 Å². The van der Waals surface area contributed by atoms with Crippen LogP contribution in [0, 0.1) is 5.82 Å². The topological polar surface area (TPSA) is 85.8 Å². The summed E-state index contributed by atoms with van der Waals surface area (Å²) in [6.45, 7) is 3.69. The lowest BCUT2D eigenvalue weighted by atomic mass is 10.2. The van der Waals surface area contributed by atoms with Crippen molar-refractivity contribution in [3.63, 3.8) is 0 Å². The summed E-state index contributed by atoms with van der Waals surface area (Å²) in [7, 11) is -3.73. The first-order valence-electron chi connectivity index (χ1n) is 11.9. The van der Waals surface area contributed by atoms with Crippen LogP contribution >= 0.6 is 0 Å². The molecular weight excluding hydrogens is 457 g/mol. The summed E-state index contributed by atoms with van der Waals surface area (Å²) in [5.41, 5.74) is 0.919. The lowest BCUT2D eigenvalue weighted by molar-refractivity contribution is 0.200. The van der Waals surface area contributed by atoms with Gasteiger partial charge in [0.1, 0.15) is 11.6 Å². The van der Waals surface area contributed by atoms with Gasteiger partial charge in [-0.3, -0.25) is 0 Å². The minimum absolute atomic E-state index is 0.0583. The number of carbonyl (C=O) groups is 1. The first kappa shape index (κ1) is 24.4. The van der Waals surface area contributed by atoms with Crippen molar-refractivity contribution in [3.8, 4) is 0 Å². The van der Waals surface area contributed by atoms with E-state index in [2.05, 4.69) is 15.2 Å². The van der Waals surface area contributed by atoms with Gasteiger partial charge in [0.15, 0.2) is 0 Å². The fourth-order valence-corrected chi connectivity index (χ4v) is 5.86. The number of hydrogen-bond donors (Lipinski definition) is 1. The van der Waals surface area contributed by atoms with Crippen LogP contribution in [0.25, 0.3) is 0 Å². The van der Waals surface area contributed by atoms with Crippen LogP contribution in [0.2, 0.25) is 0 Å². The van der Waals surface area contributed by atoms with Gasteiger partial charge in [-0.25, -0.2) is 22.6 Å². The number of nitrogens with zero attached hydrogens (tertiary/aromatic N) is 4. The summed E-state index contributed by atoms with van der Waals surface area (Å²) >= 11 is 0. The Morgan fingerprint density at radius 2 is 1.62 bits per heavy atom. The number of anilines is 1. The van der Waals surface area contributed by atoms with Crippen LogP contribution in [0.5, 0.6) is 0 Å². The molecule has 1 aromatic carbocycles. The van der Waals surface area contributed by atoms with Crippen LogP contribution in [-0.2, 0) is 16.6 Å². The van der Waals surface area contributed by atoms with Gasteiger partial charge >= 0.3 is 6.03 Å². The third-order valence-corrected chi connectivity index (χ3v) is 8.29. The molecule has 0 radical (unpaired) electrons. The van der Waals surface area contributed by atoms with Gasteiger partial charge in [-0.2, -0.15) is 4.31 Å². The fourth-order valence-electron chi connectivity index (χ4n) is 4.39. The van der Waals surface area contributed by atoms with Crippen molar-refractivity contribution < 1.29 is 17.6 Å². The molecule has 0 unspecified atom stereocenters. The average molecular weight is 490 g/mol. The standard InChI is InChI=1S/C24H32FN5O3S/c25-21-7-9-22(10-8-21)34(32,33)30-15-5-14-29(16-17-30)24(31)27-19-20-6-11-23(26-18-20)28-12-3-1-2-4-13-28/h6-11,18H,1-5,12-17,19H2,(H,27,31). The molecule has 184 valence electrons. The monoisotopic (exact) mass is 489 g/mol. The van der Waals surface area contributed by atoms with E-state index in [1.54, 1.807) is 11.1 Å². The number of nitrogens with one attached hydrogen (secondary N) is 1. The Morgan fingerprint density at radius 1 is 0.882 bits per heavy atom. The van der Waals surface area contributed by atoms with E-state index in [9.17, 15) is 17.6 Å². The zero-order valence-corrected chi connectivity index (χ0v) is 20.1. The largest absolute Gasteiger partial charge is 0.357 e. The Balaban J connectivity index is 1.29. The smallest absolute Gasteiger partial charge is 0.317 e. The molecule has 4 rings (SSSR count). The van der Waals surface area contributed by atoms with Crippen LogP contribution in [0.3, 0.4) is 0 Å². The second kappa shape index (κ2) is 11.1. The Hall–Kier alpha value is -2.72. The number of pyridine rings is 1. The van der Waals surface area contributed by atoms with Crippen molar-refractivity contribution in [2.75, 3.05) is 44.2 Å². The highest BCUT2D eigenvalue weighted by molar-refractivity contribution is 7.89. The maximum absolute atomic E-state index is 13.2. The normalized spacial score (nSPS) is 18.3. The molecule has 1 aromatic heterocycles. The number of rotatable bonds is 5. The summed E-state index contributed by atoms with van der Waals surface area (Å²) in [5.74, 6) is 0.497. The molecule has 0 spiro atoms. The number of amides is 2. The molecular formula is C24H32FN5O3S. The van der Waals surface area contributed by atoms with Gasteiger partial charge in [0.05, 0.1) is 4.90 Å². The summed E-state index contributed by atoms with van der Waals surface area (Å²) in [5, 5.41) is 2.92. The van der Waals surface area contributed by atoms with E-state index < -0.39 is 15.8 Å². The number of sulfonamides is 1. The number of urea groups is 1. The molecule has 0 saturated carbocycles. The Morgan fingerprint density at radius 3 is 2.29 bits per heavy atom. The maximum atomic E-state index is 13.2. The van der Waals surface area contributed by atoms with Gasteiger partial charge in [-0.15, -0.1) is 0 Å². The van der Waals surface area contributed by atoms with E-state index in [0.29, 0.717) is 32.6 Å². The molecule has 3 heterocycles. The fraction of sp³-hybridized carbons (Fsp3) is 0.500. The predicted octanol–water partition coefficient (Wildman–Crippen LogP) is 3.21. The van der Waals surface area contributed by atoms with Crippen LogP contribution in [0.4, 0.5) is 15.0 Å². The SMILES string of the molecule is O=C(NCc1ccc(N2CCCCCC2)nc1)N1CCCN(S(=O)(=O)c2ccc(F)cc2)CC1. The molecule has 2 aliphatic heterocycles. The van der Waals surface area contributed by atoms with Gasteiger partial charge in [0.25, 0.3) is 0 Å². The zero-order valence-electron chi connectivity index (χ0n) is 19.3. The summed E-state index contributed by atoms with van der Waals surface area (Å²) in [6, 6.07) is 8.60. The summed E-state index contributed by atoms with van der Waals surface area (Å²) in [6.07, 6.45) is 7.26. The molecule has 2 aromatic rings. The number of carbonyl (C=O) groups excluding carboxylic acids is 1. The van der Waals surface area contributed by atoms with Crippen molar-refractivity contribution in [1.29, 1.82) is 0 Å². The molecule has 2 fully saturated rings. The van der Waals surface area contributed by atoms with E-state index in [1.165, 1.54) is 42.1 Å². The zero-order chi connectivity index (χ0) is 24.0. The third kappa shape index (κ3) is 6.04. The van der Waals surface area contributed by atoms with Crippen LogP contribution in [0.1, 0.15) is 37.7 Å². The molecule has 8 nitrogen and oxygen atoms in total. The van der Waals surface area contributed by atoms with Crippen molar-refractivity contribution in [1.82, 2.24) is 19.5 Å². The highest BCUT2D eigenvalue weighted by atomic mass is 32.2. The lowest BCUT2D eigenvalue weighted by Crippen LogP contribution is -2.42. The lowest BCUT2D eigenvalue weighted by Gasteiger charge is -2.23. The second-order valence-electron chi connectivity index (χ2n) is 8.78. The number of aromatic nitrogens is 1. The minimum Gasteiger partial charge on any atom is -0.357 e. The van der Waals surface area contributed by atoms with E-state index >= 15 is 0 Å². The summed E-state index contributed by atoms with van der Waals surface area (Å²) < 4.78 is 40.3. The first-order chi connectivity index (χ1) is 16.4. The molecule has 0 bridgehead atoms. The van der Waals surface area contributed by atoms with Crippen molar-refractivity contribution >= 4 is 21.9 Å². The van der Waals surface area contributed by atoms with Gasteiger partial charge < -0.3 is 15.1 Å². The van der Waals surface area contributed by atoms with Crippen molar-refractivity contribution in [2.45, 2.75) is 43.5 Å². The molecule has 34 heavy (non-hydrogen) atoms. The van der Waals surface area contributed by atoms with E-state index in [-0.39, 0.29) is 17.5 Å². The quantitative estimate of drug-likeness (QED) is 0.697. The third-order valence-electron chi connectivity index (χ3n) is 6.38. The molecule has 2 aliphatic rings. The van der Waals surface area contributed by atoms with E-state index in [1.807, 2.05) is 12.1 Å². The van der Waals surface area contributed by atoms with Crippen LogP contribution in [0.15, 0.2) is 47.5 Å². The molecule has 2 amide bonds. The molecule has 1 N–H and O–H groups in total. The molecule has 2 saturated heterocycles. The second-order valence-corrected chi connectivity index (χ2v) is 10.7. The average Bonchev–Trinajstić information content (AvgIpc) is 3.27. The highest BCUT2D eigenvalue weighted by Gasteiger charge is 2.28. The number of halogens is 1. The molecule has 0 aliphatic carbocycles. The van der Waals surface area contributed by atoms with Crippen molar-refractivity contribution in [2.24, 2.45) is 0 Å². The predicted molar refractivity (Wildman–Crippen MR) is 129 cm³/mol. The van der Waals surface area contributed by atoms with Crippen LogP contribution < -0.4 is 10.2 Å². The van der Waals surface area contributed by atoms with Crippen molar-refractivity contribution in [3.05, 3.63) is 54.0 Å². The Labute approximate surface area is 200 Å².